The van der Waals surface area contributed by atoms with E-state index in [-0.39, 0.29) is 11.8 Å². The zero-order valence-corrected chi connectivity index (χ0v) is 16.6. The van der Waals surface area contributed by atoms with Gasteiger partial charge >= 0.3 is 6.03 Å². The lowest BCUT2D eigenvalue weighted by Crippen LogP contribution is -2.49. The second-order valence-electron chi connectivity index (χ2n) is 6.50. The lowest BCUT2D eigenvalue weighted by atomic mass is 10.2. The molecule has 0 atom stereocenters. The first-order valence-corrected chi connectivity index (χ1v) is 9.32. The maximum absolute atomic E-state index is 13.2. The number of ether oxygens (including phenoxy) is 2. The minimum Gasteiger partial charge on any atom is -0.493 e. The number of urea groups is 1. The Bertz CT molecular complexity index is 841. The Morgan fingerprint density at radius 2 is 1.79 bits per heavy atom. The van der Waals surface area contributed by atoms with Crippen molar-refractivity contribution in [3.05, 3.63) is 52.8 Å². The number of amides is 2. The number of hydrogen-bond acceptors (Lipinski definition) is 4. The van der Waals surface area contributed by atoms with Crippen molar-refractivity contribution >= 4 is 23.3 Å². The van der Waals surface area contributed by atoms with E-state index in [9.17, 15) is 9.18 Å². The van der Waals surface area contributed by atoms with Crippen LogP contribution in [0, 0.1) is 5.82 Å². The van der Waals surface area contributed by atoms with Gasteiger partial charge < -0.3 is 19.7 Å². The Labute approximate surface area is 168 Å². The standard InChI is InChI=1S/C20H23ClFN3O3/c1-27-18-6-5-16(12-19(18)28-2)23-20(26)25-9-7-24(8-10-25)13-14-3-4-15(22)11-17(14)21/h3-6,11-12H,7-10,13H2,1-2H3,(H,23,26). The van der Waals surface area contributed by atoms with E-state index in [0.717, 1.165) is 5.56 Å². The number of anilines is 1. The number of carbonyl (C=O) groups is 1. The fraction of sp³-hybridized carbons (Fsp3) is 0.350. The van der Waals surface area contributed by atoms with Gasteiger partial charge in [-0.25, -0.2) is 9.18 Å². The fourth-order valence-electron chi connectivity index (χ4n) is 3.12. The molecule has 0 aromatic heterocycles. The zero-order valence-electron chi connectivity index (χ0n) is 15.9. The van der Waals surface area contributed by atoms with Crippen molar-refractivity contribution < 1.29 is 18.7 Å². The van der Waals surface area contributed by atoms with Gasteiger partial charge in [0, 0.05) is 49.5 Å². The number of piperazine rings is 1. The Balaban J connectivity index is 1.53. The van der Waals surface area contributed by atoms with E-state index >= 15 is 0 Å². The van der Waals surface area contributed by atoms with E-state index in [1.807, 2.05) is 0 Å². The predicted octanol–water partition coefficient (Wildman–Crippen LogP) is 3.85. The Morgan fingerprint density at radius 3 is 2.43 bits per heavy atom. The van der Waals surface area contributed by atoms with Crippen LogP contribution in [0.2, 0.25) is 5.02 Å². The monoisotopic (exact) mass is 407 g/mol. The van der Waals surface area contributed by atoms with E-state index in [1.54, 1.807) is 43.4 Å². The third-order valence-electron chi connectivity index (χ3n) is 4.70. The lowest BCUT2D eigenvalue weighted by molar-refractivity contribution is 0.143. The lowest BCUT2D eigenvalue weighted by Gasteiger charge is -2.34. The second-order valence-corrected chi connectivity index (χ2v) is 6.91. The van der Waals surface area contributed by atoms with Crippen molar-refractivity contribution in [2.24, 2.45) is 0 Å². The van der Waals surface area contributed by atoms with Crippen LogP contribution in [0.15, 0.2) is 36.4 Å². The summed E-state index contributed by atoms with van der Waals surface area (Å²) in [6.45, 7) is 3.25. The molecule has 1 heterocycles. The van der Waals surface area contributed by atoms with Crippen molar-refractivity contribution in [1.29, 1.82) is 0 Å². The van der Waals surface area contributed by atoms with Crippen LogP contribution in [-0.2, 0) is 6.54 Å². The van der Waals surface area contributed by atoms with E-state index in [1.165, 1.54) is 12.1 Å². The highest BCUT2D eigenvalue weighted by molar-refractivity contribution is 6.31. The van der Waals surface area contributed by atoms with E-state index < -0.39 is 0 Å². The Kier molecular flexibility index (Phi) is 6.59. The van der Waals surface area contributed by atoms with Crippen LogP contribution in [0.5, 0.6) is 11.5 Å². The molecule has 1 aliphatic heterocycles. The van der Waals surface area contributed by atoms with Crippen LogP contribution >= 0.6 is 11.6 Å². The van der Waals surface area contributed by atoms with Gasteiger partial charge in [-0.3, -0.25) is 4.90 Å². The summed E-state index contributed by atoms with van der Waals surface area (Å²) in [5.41, 5.74) is 1.52. The first kappa shape index (κ1) is 20.2. The number of nitrogens with one attached hydrogen (secondary N) is 1. The maximum atomic E-state index is 13.2. The highest BCUT2D eigenvalue weighted by Crippen LogP contribution is 2.30. The second kappa shape index (κ2) is 9.12. The number of benzene rings is 2. The number of carbonyl (C=O) groups excluding carboxylic acids is 1. The van der Waals surface area contributed by atoms with Gasteiger partial charge in [0.25, 0.3) is 0 Å². The van der Waals surface area contributed by atoms with Crippen LogP contribution in [-0.4, -0.2) is 56.2 Å². The fourth-order valence-corrected chi connectivity index (χ4v) is 3.34. The van der Waals surface area contributed by atoms with Gasteiger partial charge in [0.2, 0.25) is 0 Å². The molecule has 1 fully saturated rings. The molecule has 3 rings (SSSR count). The molecule has 1 saturated heterocycles. The molecule has 1 aliphatic rings. The first-order chi connectivity index (χ1) is 13.5. The largest absolute Gasteiger partial charge is 0.493 e. The summed E-state index contributed by atoms with van der Waals surface area (Å²) in [7, 11) is 3.12. The summed E-state index contributed by atoms with van der Waals surface area (Å²) < 4.78 is 23.6. The summed E-state index contributed by atoms with van der Waals surface area (Å²) >= 11 is 6.10. The predicted molar refractivity (Wildman–Crippen MR) is 107 cm³/mol. The van der Waals surface area contributed by atoms with Crippen molar-refractivity contribution in [3.8, 4) is 11.5 Å². The molecule has 2 amide bonds. The number of nitrogens with zero attached hydrogens (tertiary/aromatic N) is 2. The minimum atomic E-state index is -0.342. The summed E-state index contributed by atoms with van der Waals surface area (Å²) in [6.07, 6.45) is 0. The molecule has 2 aromatic rings. The van der Waals surface area contributed by atoms with Gasteiger partial charge in [0.15, 0.2) is 11.5 Å². The van der Waals surface area contributed by atoms with Crippen molar-refractivity contribution in [2.75, 3.05) is 45.7 Å². The average Bonchev–Trinajstić information content (AvgIpc) is 2.70. The zero-order chi connectivity index (χ0) is 20.1. The molecular weight excluding hydrogens is 385 g/mol. The molecule has 1 N–H and O–H groups in total. The van der Waals surface area contributed by atoms with Crippen LogP contribution in [0.1, 0.15) is 5.56 Å². The highest BCUT2D eigenvalue weighted by Gasteiger charge is 2.22. The SMILES string of the molecule is COc1ccc(NC(=O)N2CCN(Cc3ccc(F)cc3Cl)CC2)cc1OC. The van der Waals surface area contributed by atoms with Crippen LogP contribution in [0.4, 0.5) is 14.9 Å². The van der Waals surface area contributed by atoms with E-state index in [0.29, 0.717) is 54.9 Å². The molecule has 0 bridgehead atoms. The van der Waals surface area contributed by atoms with Gasteiger partial charge in [-0.1, -0.05) is 17.7 Å². The molecule has 2 aromatic carbocycles. The number of hydrogen-bond donors (Lipinski definition) is 1. The quantitative estimate of drug-likeness (QED) is 0.818. The van der Waals surface area contributed by atoms with E-state index in [2.05, 4.69) is 10.2 Å². The van der Waals surface area contributed by atoms with Gasteiger partial charge in [-0.15, -0.1) is 0 Å². The molecule has 0 aliphatic carbocycles. The Morgan fingerprint density at radius 1 is 1.07 bits per heavy atom. The summed E-state index contributed by atoms with van der Waals surface area (Å²) in [4.78, 5) is 16.5. The van der Waals surface area contributed by atoms with Gasteiger partial charge in [0.1, 0.15) is 5.82 Å². The van der Waals surface area contributed by atoms with E-state index in [4.69, 9.17) is 21.1 Å². The smallest absolute Gasteiger partial charge is 0.321 e. The summed E-state index contributed by atoms with van der Waals surface area (Å²) in [5, 5.41) is 3.31. The summed E-state index contributed by atoms with van der Waals surface area (Å²) in [5.74, 6) is 0.820. The molecule has 6 nitrogen and oxygen atoms in total. The minimum absolute atomic E-state index is 0.160. The maximum Gasteiger partial charge on any atom is 0.321 e. The normalized spacial score (nSPS) is 14.6. The van der Waals surface area contributed by atoms with Gasteiger partial charge in [0.05, 0.1) is 14.2 Å². The highest BCUT2D eigenvalue weighted by atomic mass is 35.5. The third-order valence-corrected chi connectivity index (χ3v) is 5.06. The topological polar surface area (TPSA) is 54.0 Å². The molecule has 0 saturated carbocycles. The van der Waals surface area contributed by atoms with Crippen LogP contribution in [0.3, 0.4) is 0 Å². The first-order valence-electron chi connectivity index (χ1n) is 8.94. The molecular formula is C20H23ClFN3O3. The molecule has 0 radical (unpaired) electrons. The van der Waals surface area contributed by atoms with Gasteiger partial charge in [-0.05, 0) is 29.8 Å². The molecule has 28 heavy (non-hydrogen) atoms. The third kappa shape index (κ3) is 4.85. The number of methoxy groups -OCH3 is 2. The van der Waals surface area contributed by atoms with Crippen molar-refractivity contribution in [3.63, 3.8) is 0 Å². The summed E-state index contributed by atoms with van der Waals surface area (Å²) in [6, 6.07) is 9.52. The number of rotatable bonds is 5. The number of halogens is 2. The molecule has 0 unspecified atom stereocenters. The molecule has 0 spiro atoms. The van der Waals surface area contributed by atoms with Crippen LogP contribution in [0.25, 0.3) is 0 Å². The van der Waals surface area contributed by atoms with Crippen LogP contribution < -0.4 is 14.8 Å². The molecule has 150 valence electrons. The van der Waals surface area contributed by atoms with Crippen molar-refractivity contribution in [2.45, 2.75) is 6.54 Å². The van der Waals surface area contributed by atoms with Gasteiger partial charge in [-0.2, -0.15) is 0 Å². The van der Waals surface area contributed by atoms with Crippen molar-refractivity contribution in [1.82, 2.24) is 9.80 Å². The Hall–Kier alpha value is -2.51. The molecule has 8 heteroatoms. The average molecular weight is 408 g/mol.